The Kier molecular flexibility index (Phi) is 6.63. The quantitative estimate of drug-likeness (QED) is 0.832. The Morgan fingerprint density at radius 2 is 1.74 bits per heavy atom. The van der Waals surface area contributed by atoms with Gasteiger partial charge in [0.1, 0.15) is 0 Å². The number of carbonyl (C=O) groups is 2. The van der Waals surface area contributed by atoms with Crippen molar-refractivity contribution in [3.05, 3.63) is 58.3 Å². The lowest BCUT2D eigenvalue weighted by Crippen LogP contribution is -2.55. The van der Waals surface area contributed by atoms with Gasteiger partial charge in [-0.2, -0.15) is 0 Å². The fourth-order valence-corrected chi connectivity index (χ4v) is 4.03. The number of piperazine rings is 1. The van der Waals surface area contributed by atoms with E-state index in [9.17, 15) is 9.59 Å². The Hall–Kier alpha value is -2.18. The van der Waals surface area contributed by atoms with Crippen molar-refractivity contribution >= 4 is 23.2 Å². The fourth-order valence-electron chi connectivity index (χ4n) is 3.34. The van der Waals surface area contributed by atoms with Crippen molar-refractivity contribution in [1.29, 1.82) is 0 Å². The van der Waals surface area contributed by atoms with Crippen molar-refractivity contribution in [3.63, 3.8) is 0 Å². The third-order valence-electron chi connectivity index (χ3n) is 5.21. The molecule has 2 unspecified atom stereocenters. The summed E-state index contributed by atoms with van der Waals surface area (Å²) < 4.78 is 0. The van der Waals surface area contributed by atoms with Crippen molar-refractivity contribution < 1.29 is 9.59 Å². The van der Waals surface area contributed by atoms with E-state index in [0.717, 1.165) is 18.0 Å². The monoisotopic (exact) mass is 385 g/mol. The van der Waals surface area contributed by atoms with Crippen molar-refractivity contribution in [2.75, 3.05) is 32.7 Å². The second kappa shape index (κ2) is 9.15. The van der Waals surface area contributed by atoms with Gasteiger partial charge in [0.25, 0.3) is 5.91 Å². The second-order valence-corrected chi connectivity index (χ2v) is 7.99. The van der Waals surface area contributed by atoms with E-state index >= 15 is 0 Å². The molecular formula is C21H27N3O2S. The summed E-state index contributed by atoms with van der Waals surface area (Å²) in [6.07, 6.45) is 0. The Morgan fingerprint density at radius 1 is 1.04 bits per heavy atom. The lowest BCUT2D eigenvalue weighted by atomic mass is 10.0. The molecule has 1 fully saturated rings. The number of carbonyl (C=O) groups excluding carboxylic acids is 2. The second-order valence-electron chi connectivity index (χ2n) is 7.04. The Bertz CT molecular complexity index is 740. The normalized spacial score (nSPS) is 17.3. The molecule has 2 heterocycles. The van der Waals surface area contributed by atoms with Crippen molar-refractivity contribution in [2.24, 2.45) is 0 Å². The van der Waals surface area contributed by atoms with E-state index in [4.69, 9.17) is 0 Å². The van der Waals surface area contributed by atoms with Crippen LogP contribution in [0.4, 0.5) is 0 Å². The molecular weight excluding hydrogens is 358 g/mol. The number of amides is 2. The SMILES string of the molecule is CC(CNC(=O)C(C)N1CCN(C(=O)c2cccs2)CC1)c1ccccc1. The smallest absolute Gasteiger partial charge is 0.264 e. The van der Waals surface area contributed by atoms with Crippen LogP contribution in [0.2, 0.25) is 0 Å². The number of benzene rings is 1. The van der Waals surface area contributed by atoms with E-state index in [1.165, 1.54) is 16.9 Å². The zero-order valence-electron chi connectivity index (χ0n) is 15.9. The zero-order valence-corrected chi connectivity index (χ0v) is 16.7. The van der Waals surface area contributed by atoms with E-state index in [0.29, 0.717) is 19.6 Å². The van der Waals surface area contributed by atoms with Gasteiger partial charge in [0.15, 0.2) is 0 Å². The van der Waals surface area contributed by atoms with Gasteiger partial charge in [0.05, 0.1) is 10.9 Å². The van der Waals surface area contributed by atoms with Crippen LogP contribution in [0.15, 0.2) is 47.8 Å². The standard InChI is InChI=1S/C21H27N3O2S/c1-16(18-7-4-3-5-8-18)15-22-20(25)17(2)23-10-12-24(13-11-23)21(26)19-9-6-14-27-19/h3-9,14,16-17H,10-13,15H2,1-2H3,(H,22,25). The molecule has 1 N–H and O–H groups in total. The minimum Gasteiger partial charge on any atom is -0.354 e. The molecule has 5 nitrogen and oxygen atoms in total. The highest BCUT2D eigenvalue weighted by Crippen LogP contribution is 2.16. The Labute approximate surface area is 165 Å². The maximum atomic E-state index is 12.5. The molecule has 6 heteroatoms. The summed E-state index contributed by atoms with van der Waals surface area (Å²) in [4.78, 5) is 29.8. The van der Waals surface area contributed by atoms with Gasteiger partial charge in [0.2, 0.25) is 5.91 Å². The zero-order chi connectivity index (χ0) is 19.2. The number of thiophene rings is 1. The van der Waals surface area contributed by atoms with Gasteiger partial charge in [-0.1, -0.05) is 43.3 Å². The topological polar surface area (TPSA) is 52.7 Å². The maximum absolute atomic E-state index is 12.5. The third kappa shape index (κ3) is 4.96. The molecule has 1 aromatic heterocycles. The largest absolute Gasteiger partial charge is 0.354 e. The summed E-state index contributed by atoms with van der Waals surface area (Å²) in [6.45, 7) is 7.46. The van der Waals surface area contributed by atoms with Gasteiger partial charge in [-0.15, -0.1) is 11.3 Å². The fraction of sp³-hybridized carbons (Fsp3) is 0.429. The molecule has 1 saturated heterocycles. The van der Waals surface area contributed by atoms with Crippen LogP contribution in [0, 0.1) is 0 Å². The molecule has 2 aromatic rings. The van der Waals surface area contributed by atoms with Crippen LogP contribution in [0.3, 0.4) is 0 Å². The lowest BCUT2D eigenvalue weighted by Gasteiger charge is -2.37. The number of nitrogens with zero attached hydrogens (tertiary/aromatic N) is 2. The lowest BCUT2D eigenvalue weighted by molar-refractivity contribution is -0.126. The highest BCUT2D eigenvalue weighted by molar-refractivity contribution is 7.12. The van der Waals surface area contributed by atoms with Crippen LogP contribution in [-0.4, -0.2) is 60.4 Å². The summed E-state index contributed by atoms with van der Waals surface area (Å²) in [5.41, 5.74) is 1.23. The molecule has 0 aliphatic carbocycles. The molecule has 1 aromatic carbocycles. The molecule has 1 aliphatic rings. The van der Waals surface area contributed by atoms with Crippen LogP contribution in [0.5, 0.6) is 0 Å². The van der Waals surface area contributed by atoms with Crippen LogP contribution >= 0.6 is 11.3 Å². The average molecular weight is 386 g/mol. The van der Waals surface area contributed by atoms with Crippen LogP contribution < -0.4 is 5.32 Å². The minimum absolute atomic E-state index is 0.0517. The predicted molar refractivity (Wildman–Crippen MR) is 109 cm³/mol. The van der Waals surface area contributed by atoms with Crippen molar-refractivity contribution in [3.8, 4) is 0 Å². The summed E-state index contributed by atoms with van der Waals surface area (Å²) >= 11 is 1.48. The molecule has 144 valence electrons. The number of nitrogens with one attached hydrogen (secondary N) is 1. The van der Waals surface area contributed by atoms with Gasteiger partial charge in [0, 0.05) is 32.7 Å². The molecule has 0 spiro atoms. The molecule has 0 saturated carbocycles. The molecule has 0 radical (unpaired) electrons. The van der Waals surface area contributed by atoms with Crippen LogP contribution in [-0.2, 0) is 4.79 Å². The summed E-state index contributed by atoms with van der Waals surface area (Å²) in [5.74, 6) is 0.428. The van der Waals surface area contributed by atoms with E-state index in [2.05, 4.69) is 29.3 Å². The average Bonchev–Trinajstić information content (AvgIpc) is 3.26. The summed E-state index contributed by atoms with van der Waals surface area (Å²) in [5, 5.41) is 5.00. The van der Waals surface area contributed by atoms with Gasteiger partial charge >= 0.3 is 0 Å². The minimum atomic E-state index is -0.188. The number of hydrogen-bond acceptors (Lipinski definition) is 4. The highest BCUT2D eigenvalue weighted by atomic mass is 32.1. The molecule has 2 atom stereocenters. The summed E-state index contributed by atoms with van der Waals surface area (Å²) in [6, 6.07) is 13.8. The van der Waals surface area contributed by atoms with Crippen LogP contribution in [0.25, 0.3) is 0 Å². The first-order valence-electron chi connectivity index (χ1n) is 9.45. The molecule has 2 amide bonds. The van der Waals surface area contributed by atoms with E-state index in [-0.39, 0.29) is 23.8 Å². The van der Waals surface area contributed by atoms with Crippen molar-refractivity contribution in [1.82, 2.24) is 15.1 Å². The molecule has 27 heavy (non-hydrogen) atoms. The summed E-state index contributed by atoms with van der Waals surface area (Å²) in [7, 11) is 0. The molecule has 3 rings (SSSR count). The third-order valence-corrected chi connectivity index (χ3v) is 6.07. The number of hydrogen-bond donors (Lipinski definition) is 1. The van der Waals surface area contributed by atoms with E-state index in [1.54, 1.807) is 0 Å². The molecule has 0 bridgehead atoms. The van der Waals surface area contributed by atoms with Gasteiger partial charge in [-0.05, 0) is 29.9 Å². The first kappa shape index (κ1) is 19.6. The first-order valence-corrected chi connectivity index (χ1v) is 10.3. The van der Waals surface area contributed by atoms with Gasteiger partial charge in [-0.25, -0.2) is 0 Å². The van der Waals surface area contributed by atoms with Crippen LogP contribution in [0.1, 0.15) is 35.0 Å². The van der Waals surface area contributed by atoms with E-state index < -0.39 is 0 Å². The van der Waals surface area contributed by atoms with E-state index in [1.807, 2.05) is 47.5 Å². The van der Waals surface area contributed by atoms with Gasteiger partial charge in [-0.3, -0.25) is 14.5 Å². The van der Waals surface area contributed by atoms with Gasteiger partial charge < -0.3 is 10.2 Å². The Balaban J connectivity index is 1.45. The Morgan fingerprint density at radius 3 is 2.37 bits per heavy atom. The molecule has 1 aliphatic heterocycles. The highest BCUT2D eigenvalue weighted by Gasteiger charge is 2.28. The maximum Gasteiger partial charge on any atom is 0.264 e. The predicted octanol–water partition coefficient (Wildman–Crippen LogP) is 2.81. The number of rotatable bonds is 6. The van der Waals surface area contributed by atoms with Crippen molar-refractivity contribution in [2.45, 2.75) is 25.8 Å². The first-order chi connectivity index (χ1) is 13.1.